The number of anilines is 1. The summed E-state index contributed by atoms with van der Waals surface area (Å²) in [6.45, 7) is 2.45. The average molecular weight is 352 g/mol. The van der Waals surface area contributed by atoms with Gasteiger partial charge in [0.2, 0.25) is 5.91 Å². The minimum atomic E-state index is 0.0625. The van der Waals surface area contributed by atoms with Crippen molar-refractivity contribution in [2.24, 2.45) is 11.8 Å². The standard InChI is InChI=1S/C20H24N4O2/c25-19-16-9-10-17(24(19)11-14-5-4-6-14)13-23(12-16)20-21-18(26-22-20)15-7-2-1-3-8-15/h1-3,7-8,14,16-17H,4-6,9-13H2/t16-,17+/m0/s1. The topological polar surface area (TPSA) is 62.5 Å². The van der Waals surface area contributed by atoms with E-state index in [1.54, 1.807) is 0 Å². The van der Waals surface area contributed by atoms with Crippen molar-refractivity contribution >= 4 is 11.9 Å². The van der Waals surface area contributed by atoms with E-state index in [1.165, 1.54) is 19.3 Å². The lowest BCUT2D eigenvalue weighted by molar-refractivity contribution is -0.141. The molecule has 1 aliphatic carbocycles. The predicted octanol–water partition coefficient (Wildman–Crippen LogP) is 2.96. The van der Waals surface area contributed by atoms with E-state index in [2.05, 4.69) is 19.9 Å². The highest BCUT2D eigenvalue weighted by molar-refractivity contribution is 5.81. The van der Waals surface area contributed by atoms with Crippen LogP contribution < -0.4 is 4.90 Å². The number of rotatable bonds is 4. The number of benzene rings is 1. The summed E-state index contributed by atoms with van der Waals surface area (Å²) >= 11 is 0. The SMILES string of the molecule is O=C1[C@H]2CC[C@H](CN(c3noc(-c4ccccc4)n3)C2)N1CC1CCC1. The molecule has 6 heteroatoms. The molecule has 1 aromatic carbocycles. The van der Waals surface area contributed by atoms with E-state index < -0.39 is 0 Å². The Morgan fingerprint density at radius 1 is 1.08 bits per heavy atom. The van der Waals surface area contributed by atoms with E-state index in [1.807, 2.05) is 30.3 Å². The van der Waals surface area contributed by atoms with Gasteiger partial charge in [-0.1, -0.05) is 24.6 Å². The lowest BCUT2D eigenvalue weighted by Gasteiger charge is -2.40. The Bertz CT molecular complexity index is 786. The number of hydrogen-bond donors (Lipinski definition) is 0. The molecule has 136 valence electrons. The quantitative estimate of drug-likeness (QED) is 0.846. The molecule has 4 aliphatic rings. The minimum Gasteiger partial charge on any atom is -0.337 e. The Balaban J connectivity index is 1.36. The van der Waals surface area contributed by atoms with Gasteiger partial charge in [-0.3, -0.25) is 4.79 Å². The summed E-state index contributed by atoms with van der Waals surface area (Å²) in [7, 11) is 0. The molecule has 4 heterocycles. The zero-order valence-electron chi connectivity index (χ0n) is 14.9. The normalized spacial score (nSPS) is 26.1. The first-order valence-electron chi connectivity index (χ1n) is 9.72. The second-order valence-electron chi connectivity index (χ2n) is 7.89. The van der Waals surface area contributed by atoms with Crippen LogP contribution in [0.5, 0.6) is 0 Å². The maximum absolute atomic E-state index is 12.9. The average Bonchev–Trinajstić information content (AvgIpc) is 2.97. The maximum Gasteiger partial charge on any atom is 0.266 e. The van der Waals surface area contributed by atoms with Crippen LogP contribution in [-0.4, -0.2) is 46.6 Å². The van der Waals surface area contributed by atoms with Crippen LogP contribution in [0.2, 0.25) is 0 Å². The number of hydrogen-bond acceptors (Lipinski definition) is 5. The van der Waals surface area contributed by atoms with Gasteiger partial charge < -0.3 is 14.3 Å². The van der Waals surface area contributed by atoms with Crippen molar-refractivity contribution < 1.29 is 9.32 Å². The number of amides is 1. The van der Waals surface area contributed by atoms with Crippen LogP contribution in [0.3, 0.4) is 0 Å². The fourth-order valence-electron chi connectivity index (χ4n) is 4.44. The Kier molecular flexibility index (Phi) is 3.91. The highest BCUT2D eigenvalue weighted by Gasteiger charge is 2.42. The van der Waals surface area contributed by atoms with Gasteiger partial charge in [0.15, 0.2) is 0 Å². The third-order valence-electron chi connectivity index (χ3n) is 6.19. The van der Waals surface area contributed by atoms with E-state index in [-0.39, 0.29) is 12.0 Å². The Morgan fingerprint density at radius 3 is 2.69 bits per heavy atom. The van der Waals surface area contributed by atoms with Gasteiger partial charge >= 0.3 is 0 Å². The fourth-order valence-corrected chi connectivity index (χ4v) is 4.44. The van der Waals surface area contributed by atoms with Crippen molar-refractivity contribution in [1.29, 1.82) is 0 Å². The Hall–Kier alpha value is -2.37. The van der Waals surface area contributed by atoms with Crippen molar-refractivity contribution in [3.05, 3.63) is 30.3 Å². The third kappa shape index (κ3) is 2.77. The summed E-state index contributed by atoms with van der Waals surface area (Å²) in [5.74, 6) is 2.26. The molecule has 0 spiro atoms. The lowest BCUT2D eigenvalue weighted by Crippen LogP contribution is -2.50. The number of piperidine rings is 1. The molecule has 2 atom stereocenters. The van der Waals surface area contributed by atoms with Gasteiger partial charge in [0.1, 0.15) is 0 Å². The highest BCUT2D eigenvalue weighted by atomic mass is 16.5. The molecule has 3 aliphatic heterocycles. The predicted molar refractivity (Wildman–Crippen MR) is 97.5 cm³/mol. The van der Waals surface area contributed by atoms with Gasteiger partial charge in [-0.2, -0.15) is 4.98 Å². The van der Waals surface area contributed by atoms with Crippen LogP contribution >= 0.6 is 0 Å². The zero-order chi connectivity index (χ0) is 17.5. The first-order chi connectivity index (χ1) is 12.8. The molecule has 0 radical (unpaired) electrons. The zero-order valence-corrected chi connectivity index (χ0v) is 14.9. The van der Waals surface area contributed by atoms with Gasteiger partial charge in [-0.15, -0.1) is 0 Å². The van der Waals surface area contributed by atoms with Crippen LogP contribution in [0.4, 0.5) is 5.95 Å². The third-order valence-corrected chi connectivity index (χ3v) is 6.19. The molecule has 1 saturated carbocycles. The molecular formula is C20H24N4O2. The molecule has 6 nitrogen and oxygen atoms in total. The first kappa shape index (κ1) is 15.9. The molecular weight excluding hydrogens is 328 g/mol. The second kappa shape index (κ2) is 6.41. The van der Waals surface area contributed by atoms with Crippen molar-refractivity contribution in [3.8, 4) is 11.5 Å². The molecule has 3 saturated heterocycles. The highest BCUT2D eigenvalue weighted by Crippen LogP contribution is 2.35. The molecule has 6 rings (SSSR count). The molecule has 1 aromatic heterocycles. The summed E-state index contributed by atoms with van der Waals surface area (Å²) in [6, 6.07) is 10.1. The summed E-state index contributed by atoms with van der Waals surface area (Å²) in [6.07, 6.45) is 5.93. The van der Waals surface area contributed by atoms with Gasteiger partial charge in [-0.05, 0) is 48.9 Å². The lowest BCUT2D eigenvalue weighted by atomic mass is 9.83. The summed E-state index contributed by atoms with van der Waals surface area (Å²) in [4.78, 5) is 21.8. The van der Waals surface area contributed by atoms with E-state index in [9.17, 15) is 4.79 Å². The minimum absolute atomic E-state index is 0.0625. The van der Waals surface area contributed by atoms with Crippen molar-refractivity contribution in [2.75, 3.05) is 24.5 Å². The largest absolute Gasteiger partial charge is 0.337 e. The molecule has 26 heavy (non-hydrogen) atoms. The Labute approximate surface area is 153 Å². The van der Waals surface area contributed by atoms with Gasteiger partial charge in [0.05, 0.1) is 5.92 Å². The number of carbonyl (C=O) groups is 1. The molecule has 1 amide bonds. The first-order valence-corrected chi connectivity index (χ1v) is 9.72. The monoisotopic (exact) mass is 352 g/mol. The number of fused-ring (bicyclic) bond motifs is 4. The second-order valence-corrected chi connectivity index (χ2v) is 7.89. The maximum atomic E-state index is 12.9. The van der Waals surface area contributed by atoms with Gasteiger partial charge in [0, 0.05) is 31.2 Å². The molecule has 2 aromatic rings. The van der Waals surface area contributed by atoms with Gasteiger partial charge in [-0.25, -0.2) is 0 Å². The van der Waals surface area contributed by atoms with Crippen LogP contribution in [-0.2, 0) is 4.79 Å². The van der Waals surface area contributed by atoms with Crippen molar-refractivity contribution in [1.82, 2.24) is 15.0 Å². The van der Waals surface area contributed by atoms with Crippen molar-refractivity contribution in [3.63, 3.8) is 0 Å². The molecule has 4 fully saturated rings. The van der Waals surface area contributed by atoms with Crippen LogP contribution in [0.15, 0.2) is 34.9 Å². The van der Waals surface area contributed by atoms with Crippen LogP contribution in [0.1, 0.15) is 32.1 Å². The van der Waals surface area contributed by atoms with Crippen LogP contribution in [0.25, 0.3) is 11.5 Å². The number of nitrogens with zero attached hydrogens (tertiary/aromatic N) is 4. The summed E-state index contributed by atoms with van der Waals surface area (Å²) in [5.41, 5.74) is 0.923. The van der Waals surface area contributed by atoms with Crippen molar-refractivity contribution in [2.45, 2.75) is 38.1 Å². The van der Waals surface area contributed by atoms with E-state index in [0.717, 1.165) is 31.5 Å². The fraction of sp³-hybridized carbons (Fsp3) is 0.550. The molecule has 2 bridgehead atoms. The summed E-state index contributed by atoms with van der Waals surface area (Å²) in [5, 5.41) is 4.20. The summed E-state index contributed by atoms with van der Waals surface area (Å²) < 4.78 is 5.48. The van der Waals surface area contributed by atoms with E-state index in [4.69, 9.17) is 4.52 Å². The van der Waals surface area contributed by atoms with Gasteiger partial charge in [0.25, 0.3) is 11.8 Å². The van der Waals surface area contributed by atoms with Crippen LogP contribution in [0, 0.1) is 11.8 Å². The van der Waals surface area contributed by atoms with E-state index in [0.29, 0.717) is 30.2 Å². The molecule has 0 unspecified atom stereocenters. The number of carbonyl (C=O) groups excluding carboxylic acids is 1. The molecule has 0 N–H and O–H groups in total. The number of aromatic nitrogens is 2. The van der Waals surface area contributed by atoms with E-state index >= 15 is 0 Å². The Morgan fingerprint density at radius 2 is 1.92 bits per heavy atom. The smallest absolute Gasteiger partial charge is 0.266 e.